The van der Waals surface area contributed by atoms with Crippen LogP contribution >= 0.6 is 0 Å². The van der Waals surface area contributed by atoms with Crippen molar-refractivity contribution in [1.82, 2.24) is 15.2 Å². The zero-order chi connectivity index (χ0) is 17.5. The van der Waals surface area contributed by atoms with E-state index in [1.165, 1.54) is 6.92 Å². The third-order valence-electron chi connectivity index (χ3n) is 3.34. The maximum absolute atomic E-state index is 11.0. The first-order valence-electron chi connectivity index (χ1n) is 7.81. The van der Waals surface area contributed by atoms with Crippen LogP contribution < -0.4 is 16.0 Å². The van der Waals surface area contributed by atoms with E-state index >= 15 is 0 Å². The fraction of sp³-hybridized carbons (Fsp3) is 0.111. The molecule has 0 atom stereocenters. The molecular formula is C18H18N6O. The second-order valence-electron chi connectivity index (χ2n) is 5.39. The average molecular weight is 334 g/mol. The van der Waals surface area contributed by atoms with Gasteiger partial charge in [-0.3, -0.25) is 4.79 Å². The van der Waals surface area contributed by atoms with Gasteiger partial charge in [0, 0.05) is 24.8 Å². The SMILES string of the molecule is CC(=O)Nc1ccc(Nc2nncc(NCc3ccccc3)n2)cc1. The number of carbonyl (C=O) groups excluding carboxylic acids is 1. The van der Waals surface area contributed by atoms with Crippen molar-refractivity contribution in [2.24, 2.45) is 0 Å². The number of aromatic nitrogens is 3. The molecule has 1 heterocycles. The highest BCUT2D eigenvalue weighted by Gasteiger charge is 2.02. The highest BCUT2D eigenvalue weighted by atomic mass is 16.1. The number of rotatable bonds is 6. The van der Waals surface area contributed by atoms with Crippen LogP contribution in [0.15, 0.2) is 60.8 Å². The zero-order valence-corrected chi connectivity index (χ0v) is 13.7. The van der Waals surface area contributed by atoms with Gasteiger partial charge in [0.25, 0.3) is 0 Å². The van der Waals surface area contributed by atoms with Gasteiger partial charge in [0.05, 0.1) is 6.20 Å². The summed E-state index contributed by atoms with van der Waals surface area (Å²) in [5, 5.41) is 17.0. The van der Waals surface area contributed by atoms with Crippen molar-refractivity contribution in [1.29, 1.82) is 0 Å². The minimum absolute atomic E-state index is 0.106. The normalized spacial score (nSPS) is 10.1. The minimum Gasteiger partial charge on any atom is -0.365 e. The van der Waals surface area contributed by atoms with E-state index in [1.807, 2.05) is 42.5 Å². The second-order valence-corrected chi connectivity index (χ2v) is 5.39. The number of nitrogens with zero attached hydrogens (tertiary/aromatic N) is 3. The van der Waals surface area contributed by atoms with Crippen molar-refractivity contribution >= 4 is 29.0 Å². The number of carbonyl (C=O) groups is 1. The van der Waals surface area contributed by atoms with Crippen molar-refractivity contribution in [3.63, 3.8) is 0 Å². The minimum atomic E-state index is -0.106. The zero-order valence-electron chi connectivity index (χ0n) is 13.7. The van der Waals surface area contributed by atoms with Crippen molar-refractivity contribution in [3.8, 4) is 0 Å². The first-order chi connectivity index (χ1) is 12.2. The van der Waals surface area contributed by atoms with Crippen molar-refractivity contribution in [2.75, 3.05) is 16.0 Å². The van der Waals surface area contributed by atoms with Gasteiger partial charge in [-0.25, -0.2) is 0 Å². The molecule has 0 spiro atoms. The Hall–Kier alpha value is -3.48. The summed E-state index contributed by atoms with van der Waals surface area (Å²) in [6, 6.07) is 17.3. The summed E-state index contributed by atoms with van der Waals surface area (Å²) in [5.41, 5.74) is 2.69. The Morgan fingerprint density at radius 1 is 1.00 bits per heavy atom. The molecule has 0 saturated heterocycles. The summed E-state index contributed by atoms with van der Waals surface area (Å²) in [4.78, 5) is 15.4. The van der Waals surface area contributed by atoms with Crippen molar-refractivity contribution < 1.29 is 4.79 Å². The van der Waals surface area contributed by atoms with E-state index in [0.29, 0.717) is 18.3 Å². The molecule has 126 valence electrons. The summed E-state index contributed by atoms with van der Waals surface area (Å²) in [5.74, 6) is 0.923. The van der Waals surface area contributed by atoms with Gasteiger partial charge in [-0.05, 0) is 29.8 Å². The lowest BCUT2D eigenvalue weighted by Crippen LogP contribution is -2.06. The Labute approximate surface area is 145 Å². The third kappa shape index (κ3) is 5.00. The van der Waals surface area contributed by atoms with Gasteiger partial charge < -0.3 is 16.0 Å². The Balaban J connectivity index is 1.62. The molecular weight excluding hydrogens is 316 g/mol. The molecule has 3 N–H and O–H groups in total. The van der Waals surface area contributed by atoms with Crippen LogP contribution in [0, 0.1) is 0 Å². The van der Waals surface area contributed by atoms with E-state index < -0.39 is 0 Å². The fourth-order valence-corrected chi connectivity index (χ4v) is 2.20. The van der Waals surface area contributed by atoms with Gasteiger partial charge >= 0.3 is 0 Å². The second kappa shape index (κ2) is 7.87. The van der Waals surface area contributed by atoms with E-state index in [4.69, 9.17) is 0 Å². The van der Waals surface area contributed by atoms with Crippen LogP contribution in [0.5, 0.6) is 0 Å². The van der Waals surface area contributed by atoms with Crippen LogP contribution in [-0.4, -0.2) is 21.1 Å². The highest BCUT2D eigenvalue weighted by Crippen LogP contribution is 2.17. The van der Waals surface area contributed by atoms with Crippen LogP contribution in [-0.2, 0) is 11.3 Å². The lowest BCUT2D eigenvalue weighted by molar-refractivity contribution is -0.114. The number of benzene rings is 2. The summed E-state index contributed by atoms with van der Waals surface area (Å²) in [6.07, 6.45) is 1.58. The number of nitrogens with one attached hydrogen (secondary N) is 3. The maximum Gasteiger partial charge on any atom is 0.249 e. The summed E-state index contributed by atoms with van der Waals surface area (Å²) >= 11 is 0. The van der Waals surface area contributed by atoms with Crippen molar-refractivity contribution in [2.45, 2.75) is 13.5 Å². The van der Waals surface area contributed by atoms with Crippen LogP contribution in [0.25, 0.3) is 0 Å². The molecule has 25 heavy (non-hydrogen) atoms. The maximum atomic E-state index is 11.0. The molecule has 0 aliphatic rings. The van der Waals surface area contributed by atoms with Crippen molar-refractivity contribution in [3.05, 3.63) is 66.4 Å². The Morgan fingerprint density at radius 3 is 2.44 bits per heavy atom. The van der Waals surface area contributed by atoms with Gasteiger partial charge in [0.2, 0.25) is 11.9 Å². The van der Waals surface area contributed by atoms with E-state index in [9.17, 15) is 4.79 Å². The predicted octanol–water partition coefficient (Wildman–Crippen LogP) is 3.19. The molecule has 7 heteroatoms. The van der Waals surface area contributed by atoms with Gasteiger partial charge in [-0.15, -0.1) is 5.10 Å². The molecule has 1 amide bonds. The number of anilines is 4. The first-order valence-corrected chi connectivity index (χ1v) is 7.81. The molecule has 0 aliphatic heterocycles. The molecule has 0 saturated carbocycles. The lowest BCUT2D eigenvalue weighted by atomic mass is 10.2. The molecule has 7 nitrogen and oxygen atoms in total. The number of hydrogen-bond donors (Lipinski definition) is 3. The van der Waals surface area contributed by atoms with Crippen LogP contribution in [0.2, 0.25) is 0 Å². The van der Waals surface area contributed by atoms with Crippen LogP contribution in [0.4, 0.5) is 23.1 Å². The Bertz CT molecular complexity index is 836. The predicted molar refractivity (Wildman–Crippen MR) is 97.6 cm³/mol. The molecule has 3 aromatic rings. The van der Waals surface area contributed by atoms with Crippen LogP contribution in [0.1, 0.15) is 12.5 Å². The Morgan fingerprint density at radius 2 is 1.72 bits per heavy atom. The first kappa shape index (κ1) is 16.4. The molecule has 0 bridgehead atoms. The van der Waals surface area contributed by atoms with Gasteiger partial charge in [0.15, 0.2) is 5.82 Å². The quantitative estimate of drug-likeness (QED) is 0.641. The van der Waals surface area contributed by atoms with Gasteiger partial charge in [-0.2, -0.15) is 10.1 Å². The molecule has 0 fully saturated rings. The average Bonchev–Trinajstić information content (AvgIpc) is 2.62. The standard InChI is InChI=1S/C18H18N6O/c1-13(25)21-15-7-9-16(10-8-15)22-18-23-17(12-20-24-18)19-11-14-5-3-2-4-6-14/h2-10,12H,11H2,1H3,(H,21,25)(H2,19,22,23,24). The largest absolute Gasteiger partial charge is 0.365 e. The molecule has 0 aliphatic carbocycles. The summed E-state index contributed by atoms with van der Waals surface area (Å²) in [6.45, 7) is 2.13. The topological polar surface area (TPSA) is 91.8 Å². The smallest absolute Gasteiger partial charge is 0.249 e. The monoisotopic (exact) mass is 334 g/mol. The molecule has 3 rings (SSSR count). The van der Waals surface area contributed by atoms with Gasteiger partial charge in [0.1, 0.15) is 0 Å². The molecule has 2 aromatic carbocycles. The molecule has 0 unspecified atom stereocenters. The highest BCUT2D eigenvalue weighted by molar-refractivity contribution is 5.88. The summed E-state index contributed by atoms with van der Waals surface area (Å²) in [7, 11) is 0. The van der Waals surface area contributed by atoms with E-state index in [2.05, 4.69) is 31.1 Å². The Kier molecular flexibility index (Phi) is 5.16. The number of hydrogen-bond acceptors (Lipinski definition) is 6. The van der Waals surface area contributed by atoms with E-state index in [1.54, 1.807) is 18.3 Å². The number of amides is 1. The third-order valence-corrected chi connectivity index (χ3v) is 3.34. The molecule has 1 aromatic heterocycles. The van der Waals surface area contributed by atoms with E-state index in [0.717, 1.165) is 16.9 Å². The van der Waals surface area contributed by atoms with Gasteiger partial charge in [-0.1, -0.05) is 30.3 Å². The molecule has 0 radical (unpaired) electrons. The lowest BCUT2D eigenvalue weighted by Gasteiger charge is -2.08. The fourth-order valence-electron chi connectivity index (χ4n) is 2.20. The van der Waals surface area contributed by atoms with Crippen LogP contribution in [0.3, 0.4) is 0 Å². The summed E-state index contributed by atoms with van der Waals surface area (Å²) < 4.78 is 0. The van der Waals surface area contributed by atoms with E-state index in [-0.39, 0.29) is 5.91 Å².